The maximum absolute atomic E-state index is 5.07. The molecule has 0 N–H and O–H groups in total. The van der Waals surface area contributed by atoms with Gasteiger partial charge in [0.2, 0.25) is 0 Å². The topological polar surface area (TPSA) is 0 Å². The molecule has 2 fully saturated rings. The van der Waals surface area contributed by atoms with Crippen molar-refractivity contribution in [1.29, 1.82) is 0 Å². The number of halogens is 1. The Morgan fingerprint density at radius 2 is 1.24 bits per heavy atom. The molecule has 0 heterocycles. The number of hydrogen-bond acceptors (Lipinski definition) is 0. The van der Waals surface area contributed by atoms with Crippen LogP contribution in [0.25, 0.3) is 0 Å². The summed E-state index contributed by atoms with van der Waals surface area (Å²) in [7, 11) is 3.22. The summed E-state index contributed by atoms with van der Waals surface area (Å²) in [5.41, 5.74) is 3.29. The van der Waals surface area contributed by atoms with Crippen LogP contribution in [0.4, 0.5) is 0 Å². The molecule has 0 radical (unpaired) electrons. The van der Waals surface area contributed by atoms with Gasteiger partial charge in [-0.2, -0.15) is 6.66 Å². The van der Waals surface area contributed by atoms with E-state index in [4.69, 9.17) is 6.66 Å². The van der Waals surface area contributed by atoms with Crippen molar-refractivity contribution in [1.82, 2.24) is 0 Å². The summed E-state index contributed by atoms with van der Waals surface area (Å²) >= 11 is 2.22. The molecule has 3 rings (SSSR count). The third-order valence-electron chi connectivity index (χ3n) is 6.49. The van der Waals surface area contributed by atoms with E-state index in [1.807, 2.05) is 0 Å². The van der Waals surface area contributed by atoms with Crippen LogP contribution >= 0.6 is 16.8 Å². The summed E-state index contributed by atoms with van der Waals surface area (Å²) in [4.78, 5) is 0. The fourth-order valence-electron chi connectivity index (χ4n) is 4.94. The van der Waals surface area contributed by atoms with Crippen LogP contribution in [-0.2, 0) is 18.2 Å². The van der Waals surface area contributed by atoms with Crippen molar-refractivity contribution in [2.75, 3.05) is 0 Å². The van der Waals surface area contributed by atoms with Crippen molar-refractivity contribution in [3.05, 3.63) is 36.5 Å². The Hall–Kier alpha value is 0.602. The van der Waals surface area contributed by atoms with Crippen molar-refractivity contribution in [2.45, 2.75) is 95.3 Å². The zero-order chi connectivity index (χ0) is 18.3. The molecule has 3 heteroatoms. The first-order valence-electron chi connectivity index (χ1n) is 10.1. The van der Waals surface area contributed by atoms with E-state index in [1.165, 1.54) is 69.8 Å². The second-order valence-electron chi connectivity index (χ2n) is 8.26. The minimum absolute atomic E-state index is 0.631. The third kappa shape index (κ3) is 5.32. The molecule has 25 heavy (non-hydrogen) atoms. The predicted octanol–water partition coefficient (Wildman–Crippen LogP) is 7.60. The van der Waals surface area contributed by atoms with Crippen LogP contribution in [0.5, 0.6) is 0 Å². The molecule has 0 amide bonds. The molecular weight excluding hydrogens is 437 g/mol. The molecule has 0 nitrogen and oxygen atoms in total. The van der Waals surface area contributed by atoms with E-state index in [9.17, 15) is 0 Å². The zero-order valence-corrected chi connectivity index (χ0v) is 19.2. The summed E-state index contributed by atoms with van der Waals surface area (Å²) < 4.78 is 0. The minimum atomic E-state index is -1.27. The molecule has 0 saturated heterocycles. The van der Waals surface area contributed by atoms with Gasteiger partial charge in [0, 0.05) is 11.3 Å². The Balaban J connectivity index is 0.00000109. The van der Waals surface area contributed by atoms with Gasteiger partial charge in [-0.3, -0.25) is 0 Å². The fourth-order valence-corrected chi connectivity index (χ4v) is 9.66. The average molecular weight is 472 g/mol. The van der Waals surface area contributed by atoms with Gasteiger partial charge >= 0.3 is 27.7 Å². The number of benzene rings is 1. The van der Waals surface area contributed by atoms with Crippen molar-refractivity contribution < 1.29 is 18.2 Å². The Morgan fingerprint density at radius 3 is 1.60 bits per heavy atom. The molecule has 2 saturated carbocycles. The molecule has 0 atom stereocenters. The Bertz CT molecular complexity index is 469. The molecule has 2 aliphatic carbocycles. The summed E-state index contributed by atoms with van der Waals surface area (Å²) in [6.07, 6.45) is 14.5. The first-order valence-corrected chi connectivity index (χ1v) is 14.2. The van der Waals surface area contributed by atoms with Gasteiger partial charge in [0.25, 0.3) is 0 Å². The van der Waals surface area contributed by atoms with Crippen LogP contribution < -0.4 is 5.30 Å². The fraction of sp³-hybridized carbons (Fsp3) is 0.682. The van der Waals surface area contributed by atoms with Crippen LogP contribution in [0.3, 0.4) is 0 Å². The van der Waals surface area contributed by atoms with E-state index >= 15 is 0 Å². The molecule has 1 aromatic rings. The normalized spacial score (nSPS) is 20.3. The molecule has 0 unspecified atom stereocenters. The summed E-state index contributed by atoms with van der Waals surface area (Å²) in [6.45, 7) is 9.66. The van der Waals surface area contributed by atoms with Gasteiger partial charge in [-0.25, -0.2) is 0 Å². The van der Waals surface area contributed by atoms with E-state index in [-0.39, 0.29) is 0 Å². The second kappa shape index (κ2) is 10.8. The van der Waals surface area contributed by atoms with Crippen LogP contribution in [0, 0.1) is 6.66 Å². The average Bonchev–Trinajstić information content (AvgIpc) is 2.70. The van der Waals surface area contributed by atoms with Crippen molar-refractivity contribution >= 4 is 22.1 Å². The molecule has 144 valence electrons. The Morgan fingerprint density at radius 1 is 0.840 bits per heavy atom. The van der Waals surface area contributed by atoms with Crippen molar-refractivity contribution in [2.24, 2.45) is 0 Å². The predicted molar refractivity (Wildman–Crippen MR) is 112 cm³/mol. The van der Waals surface area contributed by atoms with Crippen LogP contribution in [0.1, 0.15) is 89.5 Å². The first kappa shape index (κ1) is 21.9. The molecule has 0 spiro atoms. The monoisotopic (exact) mass is 471 g/mol. The van der Waals surface area contributed by atoms with E-state index in [2.05, 4.69) is 65.8 Å². The van der Waals surface area contributed by atoms with Gasteiger partial charge in [0.05, 0.1) is 5.30 Å². The van der Waals surface area contributed by atoms with E-state index < -0.39 is 7.26 Å². The number of hydrogen-bond donors (Lipinski definition) is 0. The zero-order valence-electron chi connectivity index (χ0n) is 16.0. The summed E-state index contributed by atoms with van der Waals surface area (Å²) in [5, 5.41) is 1.64. The quantitative estimate of drug-likeness (QED) is 0.241. The van der Waals surface area contributed by atoms with Crippen molar-refractivity contribution in [3.8, 4) is 0 Å². The van der Waals surface area contributed by atoms with Gasteiger partial charge in [-0.15, -0.1) is 0 Å². The van der Waals surface area contributed by atoms with Gasteiger partial charge < -0.3 is 0 Å². The summed E-state index contributed by atoms with van der Waals surface area (Å²) in [6, 6.07) is 9.73. The Labute approximate surface area is 171 Å². The van der Waals surface area contributed by atoms with Crippen LogP contribution in [0.2, 0.25) is 0 Å². The van der Waals surface area contributed by atoms with E-state index in [0.717, 1.165) is 11.3 Å². The second-order valence-corrected chi connectivity index (χ2v) is 12.1. The molecule has 2 aliphatic rings. The van der Waals surface area contributed by atoms with Crippen molar-refractivity contribution in [3.63, 3.8) is 0 Å². The maximum atomic E-state index is 5.07. The van der Waals surface area contributed by atoms with E-state index in [1.54, 1.807) is 5.30 Å². The Kier molecular flexibility index (Phi) is 9.47. The number of rotatable bonds is 4. The summed E-state index contributed by atoms with van der Waals surface area (Å²) in [5.74, 6) is 0.631. The van der Waals surface area contributed by atoms with Gasteiger partial charge in [-0.1, -0.05) is 46.1 Å². The standard InChI is InChI=1S/C22H35P.ClH.Pd/c1-18(2)19-14-16-22(17-15-19)23(3,20-10-6-4-7-11-20)21-12-8-5-9-13-21;;/h14-18,20-21H,3-13H2,1-2H3;1H;/q;;+2/p-1. The van der Waals surface area contributed by atoms with Crippen LogP contribution in [0.15, 0.2) is 24.3 Å². The molecule has 0 aliphatic heterocycles. The third-order valence-corrected chi connectivity index (χ3v) is 11.4. The molecule has 0 bridgehead atoms. The van der Waals surface area contributed by atoms with Gasteiger partial charge in [0.15, 0.2) is 0 Å². The SMILES string of the molecule is [CH2-][P+](c1ccc(C(C)C)cc1)(C1CCCCC1)C1CCCCC1.[Cl][Pd+]. The molecular formula is C22H35ClPPd+. The van der Waals surface area contributed by atoms with Gasteiger partial charge in [-0.05, 0) is 75.0 Å². The van der Waals surface area contributed by atoms with Gasteiger partial charge in [0.1, 0.15) is 0 Å². The van der Waals surface area contributed by atoms with E-state index in [0.29, 0.717) is 5.92 Å². The van der Waals surface area contributed by atoms with Crippen LogP contribution in [-0.4, -0.2) is 11.3 Å². The molecule has 1 aromatic carbocycles. The molecule has 0 aromatic heterocycles. The first-order chi connectivity index (χ1) is 12.1.